The van der Waals surface area contributed by atoms with Crippen LogP contribution in [0.15, 0.2) is 23.3 Å². The van der Waals surface area contributed by atoms with Crippen molar-refractivity contribution in [2.75, 3.05) is 0 Å². The van der Waals surface area contributed by atoms with Crippen LogP contribution in [0.3, 0.4) is 0 Å². The normalized spacial score (nSPS) is 12.0. The van der Waals surface area contributed by atoms with Gasteiger partial charge in [0, 0.05) is 0 Å². The van der Waals surface area contributed by atoms with Crippen LogP contribution in [0.25, 0.3) is 10.9 Å². The van der Waals surface area contributed by atoms with Crippen molar-refractivity contribution in [1.29, 1.82) is 0 Å². The second kappa shape index (κ2) is 3.33. The molecule has 84 valence electrons. The number of rotatable bonds is 0. The first-order valence-electron chi connectivity index (χ1n) is 4.45. The molecule has 1 aromatic heterocycles. The number of hydrogen-bond acceptors (Lipinski definition) is 2. The Kier molecular flexibility index (Phi) is 2.22. The summed E-state index contributed by atoms with van der Waals surface area (Å²) >= 11 is 0. The quantitative estimate of drug-likeness (QED) is 0.751. The summed E-state index contributed by atoms with van der Waals surface area (Å²) in [5, 5.41) is -0.0465. The number of aromatic amines is 1. The molecule has 0 fully saturated rings. The van der Waals surface area contributed by atoms with Crippen molar-refractivity contribution in [3.05, 3.63) is 39.9 Å². The minimum atomic E-state index is -4.46. The highest BCUT2D eigenvalue weighted by Gasteiger charge is 2.31. The largest absolute Gasteiger partial charge is 0.416 e. The minimum absolute atomic E-state index is 0.0465. The molecular weight excluding hydrogens is 221 g/mol. The summed E-state index contributed by atoms with van der Waals surface area (Å²) in [7, 11) is 0. The number of nitrogens with zero attached hydrogens (tertiary/aromatic N) is 1. The first-order valence-corrected chi connectivity index (χ1v) is 4.45. The molecule has 2 rings (SSSR count). The van der Waals surface area contributed by atoms with Crippen LogP contribution >= 0.6 is 0 Å². The van der Waals surface area contributed by atoms with Gasteiger partial charge in [-0.05, 0) is 24.6 Å². The van der Waals surface area contributed by atoms with E-state index in [-0.39, 0.29) is 10.9 Å². The van der Waals surface area contributed by atoms with Crippen molar-refractivity contribution >= 4 is 10.9 Å². The lowest BCUT2D eigenvalue weighted by Gasteiger charge is -2.08. The van der Waals surface area contributed by atoms with Crippen molar-refractivity contribution in [2.24, 2.45) is 0 Å². The first-order chi connectivity index (χ1) is 7.39. The molecule has 16 heavy (non-hydrogen) atoms. The van der Waals surface area contributed by atoms with Crippen LogP contribution in [0.4, 0.5) is 13.2 Å². The van der Waals surface area contributed by atoms with Gasteiger partial charge < -0.3 is 4.98 Å². The van der Waals surface area contributed by atoms with E-state index in [2.05, 4.69) is 9.97 Å². The van der Waals surface area contributed by atoms with E-state index in [1.807, 2.05) is 0 Å². The average molecular weight is 228 g/mol. The van der Waals surface area contributed by atoms with Gasteiger partial charge in [0.15, 0.2) is 0 Å². The third kappa shape index (κ3) is 1.66. The van der Waals surface area contributed by atoms with Gasteiger partial charge in [0.25, 0.3) is 5.56 Å². The van der Waals surface area contributed by atoms with Gasteiger partial charge in [-0.2, -0.15) is 13.2 Å². The van der Waals surface area contributed by atoms with Crippen LogP contribution in [-0.4, -0.2) is 9.97 Å². The van der Waals surface area contributed by atoms with Crippen molar-refractivity contribution in [3.8, 4) is 0 Å². The predicted octanol–water partition coefficient (Wildman–Crippen LogP) is 2.25. The lowest BCUT2D eigenvalue weighted by atomic mass is 10.1. The zero-order chi connectivity index (χ0) is 11.9. The highest BCUT2D eigenvalue weighted by atomic mass is 19.4. The molecule has 0 atom stereocenters. The van der Waals surface area contributed by atoms with E-state index < -0.39 is 17.3 Å². The third-order valence-electron chi connectivity index (χ3n) is 2.26. The lowest BCUT2D eigenvalue weighted by Crippen LogP contribution is -2.11. The summed E-state index contributed by atoms with van der Waals surface area (Å²) in [6, 6.07) is 1.79. The van der Waals surface area contributed by atoms with Crippen molar-refractivity contribution in [1.82, 2.24) is 9.97 Å². The molecule has 0 radical (unpaired) electrons. The highest BCUT2D eigenvalue weighted by Crippen LogP contribution is 2.31. The number of benzene rings is 1. The molecule has 3 nitrogen and oxygen atoms in total. The molecule has 0 spiro atoms. The third-order valence-corrected chi connectivity index (χ3v) is 2.26. The number of aryl methyl sites for hydroxylation is 1. The Balaban J connectivity index is 2.86. The molecule has 0 aliphatic carbocycles. The van der Waals surface area contributed by atoms with Crippen LogP contribution in [0.2, 0.25) is 0 Å². The van der Waals surface area contributed by atoms with Gasteiger partial charge >= 0.3 is 6.18 Å². The molecule has 0 bridgehead atoms. The molecular formula is C10H7F3N2O. The molecule has 0 amide bonds. The fourth-order valence-corrected chi connectivity index (χ4v) is 1.52. The van der Waals surface area contributed by atoms with E-state index >= 15 is 0 Å². The molecule has 0 saturated heterocycles. The molecule has 2 aromatic rings. The van der Waals surface area contributed by atoms with Crippen molar-refractivity contribution < 1.29 is 13.2 Å². The first kappa shape index (κ1) is 10.7. The van der Waals surface area contributed by atoms with E-state index in [1.165, 1.54) is 13.3 Å². The van der Waals surface area contributed by atoms with Crippen LogP contribution in [0.1, 0.15) is 11.1 Å². The molecule has 1 N–H and O–H groups in total. The average Bonchev–Trinajstić information content (AvgIpc) is 2.18. The van der Waals surface area contributed by atoms with Crippen LogP contribution < -0.4 is 5.56 Å². The molecule has 0 unspecified atom stereocenters. The molecule has 0 aliphatic rings. The second-order valence-electron chi connectivity index (χ2n) is 3.42. The molecule has 0 saturated carbocycles. The maximum absolute atomic E-state index is 12.5. The number of nitrogens with one attached hydrogen (secondary N) is 1. The maximum Gasteiger partial charge on any atom is 0.416 e. The topological polar surface area (TPSA) is 45.8 Å². The van der Waals surface area contributed by atoms with E-state index in [9.17, 15) is 18.0 Å². The van der Waals surface area contributed by atoms with E-state index in [1.54, 1.807) is 0 Å². The zero-order valence-corrected chi connectivity index (χ0v) is 8.22. The zero-order valence-electron chi connectivity index (χ0n) is 8.22. The van der Waals surface area contributed by atoms with E-state index in [4.69, 9.17) is 0 Å². The second-order valence-corrected chi connectivity index (χ2v) is 3.42. The Bertz CT molecular complexity index is 601. The summed E-state index contributed by atoms with van der Waals surface area (Å²) in [5.41, 5.74) is -0.789. The number of H-pyrrole nitrogens is 1. The van der Waals surface area contributed by atoms with Crippen LogP contribution in [-0.2, 0) is 6.18 Å². The number of fused-ring (bicyclic) bond motifs is 1. The number of aromatic nitrogens is 2. The summed E-state index contributed by atoms with van der Waals surface area (Å²) in [6.07, 6.45) is -3.29. The Morgan fingerprint density at radius 1 is 1.31 bits per heavy atom. The van der Waals surface area contributed by atoms with E-state index in [0.29, 0.717) is 5.56 Å². The Morgan fingerprint density at radius 3 is 2.62 bits per heavy atom. The summed E-state index contributed by atoms with van der Waals surface area (Å²) in [5.74, 6) is 0. The fourth-order valence-electron chi connectivity index (χ4n) is 1.52. The SMILES string of the molecule is Cc1cc(C(F)(F)F)cc2c(=O)[nH]cnc12. The fraction of sp³-hybridized carbons (Fsp3) is 0.200. The molecule has 6 heteroatoms. The maximum atomic E-state index is 12.5. The molecule has 1 heterocycles. The Morgan fingerprint density at radius 2 is 2.00 bits per heavy atom. The summed E-state index contributed by atoms with van der Waals surface area (Å²) in [4.78, 5) is 17.4. The Hall–Kier alpha value is -1.85. The van der Waals surface area contributed by atoms with Gasteiger partial charge in [0.2, 0.25) is 0 Å². The summed E-state index contributed by atoms with van der Waals surface area (Å²) in [6.45, 7) is 1.49. The number of halogens is 3. The highest BCUT2D eigenvalue weighted by molar-refractivity contribution is 5.81. The predicted molar refractivity (Wildman–Crippen MR) is 52.1 cm³/mol. The van der Waals surface area contributed by atoms with Crippen LogP contribution in [0.5, 0.6) is 0 Å². The summed E-state index contributed by atoms with van der Waals surface area (Å²) < 4.78 is 37.5. The van der Waals surface area contributed by atoms with Gasteiger partial charge in [0.05, 0.1) is 22.8 Å². The number of alkyl halides is 3. The van der Waals surface area contributed by atoms with Crippen LogP contribution in [0, 0.1) is 6.92 Å². The van der Waals surface area contributed by atoms with Gasteiger partial charge in [-0.3, -0.25) is 4.79 Å². The lowest BCUT2D eigenvalue weighted by molar-refractivity contribution is -0.137. The van der Waals surface area contributed by atoms with Gasteiger partial charge in [-0.15, -0.1) is 0 Å². The minimum Gasteiger partial charge on any atom is -0.313 e. The van der Waals surface area contributed by atoms with Crippen molar-refractivity contribution in [2.45, 2.75) is 13.1 Å². The van der Waals surface area contributed by atoms with Gasteiger partial charge in [-0.1, -0.05) is 0 Å². The van der Waals surface area contributed by atoms with Gasteiger partial charge in [-0.25, -0.2) is 4.98 Å². The van der Waals surface area contributed by atoms with Gasteiger partial charge in [0.1, 0.15) is 0 Å². The molecule has 1 aromatic carbocycles. The standard InChI is InChI=1S/C10H7F3N2O/c1-5-2-6(10(11,12)13)3-7-8(5)14-4-15-9(7)16/h2-4H,1H3,(H,14,15,16). The molecule has 0 aliphatic heterocycles. The smallest absolute Gasteiger partial charge is 0.313 e. The monoisotopic (exact) mass is 228 g/mol. The number of hydrogen-bond donors (Lipinski definition) is 1. The van der Waals surface area contributed by atoms with E-state index in [0.717, 1.165) is 12.1 Å². The van der Waals surface area contributed by atoms with Crippen molar-refractivity contribution in [3.63, 3.8) is 0 Å². The Labute approximate surface area is 87.9 Å².